The van der Waals surface area contributed by atoms with Crippen LogP contribution in [0.3, 0.4) is 0 Å². The molecule has 26 heavy (non-hydrogen) atoms. The number of halogens is 1. The number of aryl methyl sites for hydroxylation is 1. The van der Waals surface area contributed by atoms with E-state index in [0.717, 1.165) is 36.1 Å². The van der Waals surface area contributed by atoms with E-state index in [0.29, 0.717) is 17.1 Å². The molecule has 1 atom stereocenters. The average molecular weight is 380 g/mol. The number of benzene rings is 1. The fourth-order valence-corrected chi connectivity index (χ4v) is 3.29. The molecule has 142 valence electrons. The van der Waals surface area contributed by atoms with Gasteiger partial charge in [-0.1, -0.05) is 44.2 Å². The van der Waals surface area contributed by atoms with Gasteiger partial charge in [-0.3, -0.25) is 14.5 Å². The van der Waals surface area contributed by atoms with E-state index in [1.54, 1.807) is 25.1 Å². The molecule has 0 spiro atoms. The van der Waals surface area contributed by atoms with Crippen molar-refractivity contribution in [2.45, 2.75) is 58.4 Å². The summed E-state index contributed by atoms with van der Waals surface area (Å²) in [5.74, 6) is -0.767. The maximum Gasteiger partial charge on any atom is 0.325 e. The molecule has 2 rings (SSSR count). The average Bonchev–Trinajstić information content (AvgIpc) is 2.78. The third-order valence-corrected chi connectivity index (χ3v) is 4.87. The number of anilines is 1. The van der Waals surface area contributed by atoms with Crippen LogP contribution in [0, 0.1) is 6.92 Å². The molecule has 0 bridgehead atoms. The first-order valence-corrected chi connectivity index (χ1v) is 9.35. The first-order chi connectivity index (χ1) is 12.3. The molecule has 0 radical (unpaired) electrons. The second-order valence-corrected chi connectivity index (χ2v) is 7.41. The highest BCUT2D eigenvalue weighted by molar-refractivity contribution is 6.30. The number of imide groups is 1. The smallest absolute Gasteiger partial charge is 0.324 e. The molecule has 1 aromatic rings. The van der Waals surface area contributed by atoms with E-state index in [1.807, 2.05) is 6.92 Å². The number of hydrogen-bond acceptors (Lipinski definition) is 3. The molecule has 0 saturated carbocycles. The summed E-state index contributed by atoms with van der Waals surface area (Å²) in [5, 5.41) is 6.03. The Morgan fingerprint density at radius 3 is 2.65 bits per heavy atom. The number of urea groups is 1. The normalized spacial score (nSPS) is 19.6. The maximum atomic E-state index is 12.6. The highest BCUT2D eigenvalue weighted by atomic mass is 35.5. The summed E-state index contributed by atoms with van der Waals surface area (Å²) in [6.45, 7) is 5.35. The highest BCUT2D eigenvalue weighted by Crippen LogP contribution is 2.24. The Balaban J connectivity index is 1.97. The first kappa shape index (κ1) is 20.2. The van der Waals surface area contributed by atoms with Gasteiger partial charge in [-0.2, -0.15) is 0 Å². The van der Waals surface area contributed by atoms with Gasteiger partial charge >= 0.3 is 6.03 Å². The maximum absolute atomic E-state index is 12.6. The third kappa shape index (κ3) is 4.75. The van der Waals surface area contributed by atoms with Gasteiger partial charge in [-0.05, 0) is 44.0 Å². The lowest BCUT2D eigenvalue weighted by Crippen LogP contribution is -2.44. The van der Waals surface area contributed by atoms with Crippen molar-refractivity contribution in [1.82, 2.24) is 10.2 Å². The topological polar surface area (TPSA) is 78.5 Å². The van der Waals surface area contributed by atoms with Crippen LogP contribution in [0.15, 0.2) is 18.2 Å². The summed E-state index contributed by atoms with van der Waals surface area (Å²) < 4.78 is 0. The summed E-state index contributed by atoms with van der Waals surface area (Å²) in [6.07, 6.45) is 4.66. The Kier molecular flexibility index (Phi) is 6.64. The molecule has 1 saturated heterocycles. The Labute approximate surface area is 159 Å². The molecule has 1 heterocycles. The molecular weight excluding hydrogens is 354 g/mol. The van der Waals surface area contributed by atoms with Crippen molar-refractivity contribution in [3.05, 3.63) is 28.8 Å². The fraction of sp³-hybridized carbons (Fsp3) is 0.526. The molecule has 1 aliphatic rings. The van der Waals surface area contributed by atoms with Crippen LogP contribution < -0.4 is 10.6 Å². The van der Waals surface area contributed by atoms with Crippen molar-refractivity contribution in [1.29, 1.82) is 0 Å². The minimum atomic E-state index is -0.929. The number of rotatable bonds is 8. The fourth-order valence-electron chi connectivity index (χ4n) is 3.07. The number of carbonyl (C=O) groups is 3. The van der Waals surface area contributed by atoms with Crippen LogP contribution >= 0.6 is 11.6 Å². The van der Waals surface area contributed by atoms with E-state index in [1.165, 1.54) is 0 Å². The second-order valence-electron chi connectivity index (χ2n) is 6.97. The zero-order valence-corrected chi connectivity index (χ0v) is 16.3. The van der Waals surface area contributed by atoms with Crippen LogP contribution in [0.2, 0.25) is 5.02 Å². The third-order valence-electron chi connectivity index (χ3n) is 4.64. The van der Waals surface area contributed by atoms with Gasteiger partial charge < -0.3 is 10.6 Å². The van der Waals surface area contributed by atoms with Crippen LogP contribution in [0.1, 0.15) is 51.5 Å². The first-order valence-electron chi connectivity index (χ1n) is 8.97. The summed E-state index contributed by atoms with van der Waals surface area (Å²) in [4.78, 5) is 38.1. The molecular formula is C19H26ClN3O3. The van der Waals surface area contributed by atoms with Gasteiger partial charge in [0, 0.05) is 10.7 Å². The van der Waals surface area contributed by atoms with Crippen molar-refractivity contribution in [2.75, 3.05) is 11.9 Å². The predicted molar refractivity (Wildman–Crippen MR) is 102 cm³/mol. The number of nitrogens with zero attached hydrogens (tertiary/aromatic N) is 1. The number of unbranched alkanes of at least 4 members (excludes halogenated alkanes) is 3. The SMILES string of the molecule is CCCCCCC1(C)NC(=O)N(CC(=O)Nc2ccc(Cl)cc2C)C1=O. The van der Waals surface area contributed by atoms with Crippen molar-refractivity contribution in [2.24, 2.45) is 0 Å². The molecule has 0 aliphatic carbocycles. The molecule has 4 amide bonds. The van der Waals surface area contributed by atoms with Crippen LogP contribution in [0.25, 0.3) is 0 Å². The Morgan fingerprint density at radius 2 is 2.00 bits per heavy atom. The molecule has 2 N–H and O–H groups in total. The minimum absolute atomic E-state index is 0.308. The molecule has 1 unspecified atom stereocenters. The van der Waals surface area contributed by atoms with Gasteiger partial charge in [0.25, 0.3) is 5.91 Å². The van der Waals surface area contributed by atoms with Crippen molar-refractivity contribution < 1.29 is 14.4 Å². The van der Waals surface area contributed by atoms with Crippen LogP contribution in [0.4, 0.5) is 10.5 Å². The number of nitrogens with one attached hydrogen (secondary N) is 2. The Bertz CT molecular complexity index is 707. The van der Waals surface area contributed by atoms with E-state index < -0.39 is 17.5 Å². The highest BCUT2D eigenvalue weighted by Gasteiger charge is 2.47. The minimum Gasteiger partial charge on any atom is -0.324 e. The van der Waals surface area contributed by atoms with Gasteiger partial charge in [0.05, 0.1) is 0 Å². The predicted octanol–water partition coefficient (Wildman–Crippen LogP) is 3.87. The zero-order valence-electron chi connectivity index (χ0n) is 15.5. The van der Waals surface area contributed by atoms with E-state index in [4.69, 9.17) is 11.6 Å². The summed E-state index contributed by atoms with van der Waals surface area (Å²) in [6, 6.07) is 4.58. The van der Waals surface area contributed by atoms with Gasteiger partial charge in [-0.15, -0.1) is 0 Å². The lowest BCUT2D eigenvalue weighted by atomic mass is 9.94. The van der Waals surface area contributed by atoms with Gasteiger partial charge in [0.1, 0.15) is 12.1 Å². The number of hydrogen-bond donors (Lipinski definition) is 2. The summed E-state index contributed by atoms with van der Waals surface area (Å²) in [7, 11) is 0. The quantitative estimate of drug-likeness (QED) is 0.531. The molecule has 7 heteroatoms. The number of carbonyl (C=O) groups excluding carboxylic acids is 3. The lowest BCUT2D eigenvalue weighted by Gasteiger charge is -2.21. The Morgan fingerprint density at radius 1 is 1.27 bits per heavy atom. The standard InChI is InChI=1S/C19H26ClN3O3/c1-4-5-6-7-10-19(3)17(25)23(18(26)22-19)12-16(24)21-15-9-8-14(20)11-13(15)2/h8-9,11H,4-7,10,12H2,1-3H3,(H,21,24)(H,22,26). The second kappa shape index (κ2) is 8.54. The zero-order chi connectivity index (χ0) is 19.3. The summed E-state index contributed by atoms with van der Waals surface area (Å²) >= 11 is 5.90. The molecule has 1 fully saturated rings. The molecule has 6 nitrogen and oxygen atoms in total. The molecule has 1 aromatic carbocycles. The Hall–Kier alpha value is -2.08. The molecule has 0 aromatic heterocycles. The molecule has 1 aliphatic heterocycles. The lowest BCUT2D eigenvalue weighted by molar-refractivity contribution is -0.133. The van der Waals surface area contributed by atoms with Crippen LogP contribution in [0.5, 0.6) is 0 Å². The van der Waals surface area contributed by atoms with E-state index >= 15 is 0 Å². The van der Waals surface area contributed by atoms with Crippen LogP contribution in [-0.4, -0.2) is 34.8 Å². The largest absolute Gasteiger partial charge is 0.325 e. The van der Waals surface area contributed by atoms with Crippen LogP contribution in [-0.2, 0) is 9.59 Å². The number of amides is 4. The van der Waals surface area contributed by atoms with Gasteiger partial charge in [0.2, 0.25) is 5.91 Å². The van der Waals surface area contributed by atoms with E-state index in [2.05, 4.69) is 17.6 Å². The van der Waals surface area contributed by atoms with E-state index in [-0.39, 0.29) is 12.5 Å². The van der Waals surface area contributed by atoms with Crippen molar-refractivity contribution in [3.63, 3.8) is 0 Å². The van der Waals surface area contributed by atoms with Gasteiger partial charge in [0.15, 0.2) is 0 Å². The van der Waals surface area contributed by atoms with Crippen molar-refractivity contribution >= 4 is 35.1 Å². The summed E-state index contributed by atoms with van der Waals surface area (Å²) in [5.41, 5.74) is 0.485. The van der Waals surface area contributed by atoms with Gasteiger partial charge in [-0.25, -0.2) is 4.79 Å². The monoisotopic (exact) mass is 379 g/mol. The van der Waals surface area contributed by atoms with E-state index in [9.17, 15) is 14.4 Å². The van der Waals surface area contributed by atoms with Crippen molar-refractivity contribution in [3.8, 4) is 0 Å².